The average molecular weight is 539 g/mol. The van der Waals surface area contributed by atoms with Crippen LogP contribution in [0.15, 0.2) is 133 Å². The molecule has 0 atom stereocenters. The van der Waals surface area contributed by atoms with E-state index in [1.165, 1.54) is 86.1 Å². The first-order valence-electron chi connectivity index (χ1n) is 14.0. The van der Waals surface area contributed by atoms with Gasteiger partial charge in [-0.2, -0.15) is 0 Å². The Labute approximate surface area is 239 Å². The standard InChI is InChI=1S/C38H22N2S/c1-2-10-25(11-3-1)39-32-15-7-4-12-26(32)29-20-23(18-19-34(29)39)24-21-30-27-13-5-8-16-33(27)40-37(30)31(22-24)36-28-14-6-9-17-35(28)41-38(36)40/h1-22H. The fourth-order valence-electron chi connectivity index (χ4n) is 7.12. The summed E-state index contributed by atoms with van der Waals surface area (Å²) in [6.45, 7) is 0. The van der Waals surface area contributed by atoms with Crippen LogP contribution < -0.4 is 0 Å². The molecular weight excluding hydrogens is 516 g/mol. The summed E-state index contributed by atoms with van der Waals surface area (Å²) in [5.41, 5.74) is 8.78. The van der Waals surface area contributed by atoms with E-state index in [9.17, 15) is 0 Å². The number of thiophene rings is 1. The summed E-state index contributed by atoms with van der Waals surface area (Å²) in [7, 11) is 0. The minimum absolute atomic E-state index is 1.19. The monoisotopic (exact) mass is 538 g/mol. The van der Waals surface area contributed by atoms with Crippen molar-refractivity contribution in [3.8, 4) is 16.8 Å². The number of nitrogens with zero attached hydrogens (tertiary/aromatic N) is 2. The molecular formula is C38H22N2S. The van der Waals surface area contributed by atoms with E-state index in [1.54, 1.807) is 0 Å². The highest BCUT2D eigenvalue weighted by Crippen LogP contribution is 2.47. The van der Waals surface area contributed by atoms with Gasteiger partial charge in [-0.15, -0.1) is 11.3 Å². The fraction of sp³-hybridized carbons (Fsp3) is 0. The third-order valence-electron chi connectivity index (χ3n) is 8.84. The molecule has 0 aliphatic heterocycles. The van der Waals surface area contributed by atoms with Crippen molar-refractivity contribution in [1.82, 2.24) is 8.97 Å². The van der Waals surface area contributed by atoms with Gasteiger partial charge in [-0.05, 0) is 65.7 Å². The number of hydrogen-bond acceptors (Lipinski definition) is 1. The lowest BCUT2D eigenvalue weighted by atomic mass is 9.98. The van der Waals surface area contributed by atoms with Crippen molar-refractivity contribution in [2.45, 2.75) is 0 Å². The lowest BCUT2D eigenvalue weighted by Crippen LogP contribution is -1.92. The molecule has 6 aromatic carbocycles. The van der Waals surface area contributed by atoms with Gasteiger partial charge in [0.25, 0.3) is 0 Å². The van der Waals surface area contributed by atoms with Gasteiger partial charge in [0.15, 0.2) is 0 Å². The predicted octanol–water partition coefficient (Wildman–Crippen LogP) is 10.8. The van der Waals surface area contributed by atoms with E-state index >= 15 is 0 Å². The molecule has 0 fully saturated rings. The highest BCUT2D eigenvalue weighted by Gasteiger charge is 2.22. The van der Waals surface area contributed by atoms with E-state index < -0.39 is 0 Å². The third-order valence-corrected chi connectivity index (χ3v) is 9.99. The van der Waals surface area contributed by atoms with Gasteiger partial charge in [0.05, 0.1) is 22.1 Å². The Morgan fingerprint density at radius 1 is 0.439 bits per heavy atom. The van der Waals surface area contributed by atoms with Gasteiger partial charge in [0.2, 0.25) is 0 Å². The van der Waals surface area contributed by atoms with E-state index in [2.05, 4.69) is 142 Å². The van der Waals surface area contributed by atoms with Crippen LogP contribution in [-0.2, 0) is 0 Å². The van der Waals surface area contributed by atoms with Crippen LogP contribution in [-0.4, -0.2) is 8.97 Å². The lowest BCUT2D eigenvalue weighted by Gasteiger charge is -2.08. The summed E-state index contributed by atoms with van der Waals surface area (Å²) in [6, 6.07) is 49.0. The zero-order chi connectivity index (χ0) is 26.7. The van der Waals surface area contributed by atoms with Gasteiger partial charge in [-0.1, -0.05) is 78.9 Å². The van der Waals surface area contributed by atoms with E-state index in [4.69, 9.17) is 0 Å². The minimum Gasteiger partial charge on any atom is -0.309 e. The molecule has 0 spiro atoms. The molecule has 0 aliphatic rings. The van der Waals surface area contributed by atoms with Crippen LogP contribution in [0.1, 0.15) is 0 Å². The number of aromatic nitrogens is 2. The molecule has 0 saturated heterocycles. The summed E-state index contributed by atoms with van der Waals surface area (Å²) < 4.78 is 6.23. The van der Waals surface area contributed by atoms with Crippen LogP contribution in [0.5, 0.6) is 0 Å². The summed E-state index contributed by atoms with van der Waals surface area (Å²) in [6.07, 6.45) is 0. The second kappa shape index (κ2) is 7.75. The Hall–Kier alpha value is -5.12. The lowest BCUT2D eigenvalue weighted by molar-refractivity contribution is 1.18. The summed E-state index contributed by atoms with van der Waals surface area (Å²) >= 11 is 1.90. The normalized spacial score (nSPS) is 12.4. The van der Waals surface area contributed by atoms with E-state index in [0.29, 0.717) is 0 Å². The molecule has 4 heterocycles. The largest absolute Gasteiger partial charge is 0.309 e. The number of hydrogen-bond donors (Lipinski definition) is 0. The quantitative estimate of drug-likeness (QED) is 0.207. The maximum absolute atomic E-state index is 2.50. The predicted molar refractivity (Wildman–Crippen MR) is 176 cm³/mol. The van der Waals surface area contributed by atoms with E-state index in [1.807, 2.05) is 11.3 Å². The molecule has 10 aromatic rings. The molecule has 2 nitrogen and oxygen atoms in total. The van der Waals surface area contributed by atoms with Crippen molar-refractivity contribution in [3.63, 3.8) is 0 Å². The zero-order valence-electron chi connectivity index (χ0n) is 22.0. The van der Waals surface area contributed by atoms with Crippen molar-refractivity contribution in [2.24, 2.45) is 0 Å². The molecule has 0 saturated carbocycles. The second-order valence-corrected chi connectivity index (χ2v) is 12.0. The Morgan fingerprint density at radius 2 is 1.07 bits per heavy atom. The number of fused-ring (bicyclic) bond motifs is 11. The summed E-state index contributed by atoms with van der Waals surface area (Å²) in [5, 5.41) is 9.26. The fourth-order valence-corrected chi connectivity index (χ4v) is 8.36. The SMILES string of the molecule is c1ccc(-n2c3ccccc3c3cc(-c4cc5c6ccccc6n6c7sc8ccccc8c7c(c4)c56)ccc32)cc1. The first-order chi connectivity index (χ1) is 20.3. The van der Waals surface area contributed by atoms with Gasteiger partial charge in [0.1, 0.15) is 4.83 Å². The molecule has 4 aromatic heterocycles. The van der Waals surface area contributed by atoms with Crippen LogP contribution in [0.25, 0.3) is 86.1 Å². The Kier molecular flexibility index (Phi) is 4.10. The van der Waals surface area contributed by atoms with Gasteiger partial charge in [-0.3, -0.25) is 4.40 Å². The first kappa shape index (κ1) is 21.7. The van der Waals surface area contributed by atoms with Gasteiger partial charge in [-0.25, -0.2) is 0 Å². The van der Waals surface area contributed by atoms with Gasteiger partial charge in [0, 0.05) is 48.1 Å². The van der Waals surface area contributed by atoms with Crippen LogP contribution in [0.4, 0.5) is 0 Å². The van der Waals surface area contributed by atoms with Crippen LogP contribution in [0.3, 0.4) is 0 Å². The van der Waals surface area contributed by atoms with Crippen LogP contribution in [0, 0.1) is 0 Å². The molecule has 41 heavy (non-hydrogen) atoms. The van der Waals surface area contributed by atoms with Crippen molar-refractivity contribution in [1.29, 1.82) is 0 Å². The average Bonchev–Trinajstić information content (AvgIpc) is 3.75. The highest BCUT2D eigenvalue weighted by molar-refractivity contribution is 7.25. The first-order valence-corrected chi connectivity index (χ1v) is 14.9. The van der Waals surface area contributed by atoms with Gasteiger partial charge >= 0.3 is 0 Å². The molecule has 3 heteroatoms. The molecule has 190 valence electrons. The molecule has 0 amide bonds. The smallest absolute Gasteiger partial charge is 0.109 e. The van der Waals surface area contributed by atoms with Crippen molar-refractivity contribution in [3.05, 3.63) is 133 Å². The zero-order valence-corrected chi connectivity index (χ0v) is 22.8. The number of benzene rings is 6. The molecule has 10 rings (SSSR count). The van der Waals surface area contributed by atoms with Crippen LogP contribution in [0.2, 0.25) is 0 Å². The molecule has 0 radical (unpaired) electrons. The number of rotatable bonds is 2. The Bertz CT molecular complexity index is 2630. The molecule has 0 aliphatic carbocycles. The van der Waals surface area contributed by atoms with Crippen molar-refractivity contribution < 1.29 is 0 Å². The van der Waals surface area contributed by atoms with E-state index in [-0.39, 0.29) is 0 Å². The van der Waals surface area contributed by atoms with Crippen molar-refractivity contribution in [2.75, 3.05) is 0 Å². The summed E-state index contributed by atoms with van der Waals surface area (Å²) in [5.74, 6) is 0. The minimum atomic E-state index is 1.19. The maximum atomic E-state index is 2.50. The van der Waals surface area contributed by atoms with Crippen molar-refractivity contribution >= 4 is 80.6 Å². The third kappa shape index (κ3) is 2.76. The Balaban J connectivity index is 1.32. The number of para-hydroxylation sites is 3. The molecule has 0 bridgehead atoms. The van der Waals surface area contributed by atoms with Crippen LogP contribution >= 0.6 is 11.3 Å². The van der Waals surface area contributed by atoms with Gasteiger partial charge < -0.3 is 4.57 Å². The second-order valence-electron chi connectivity index (χ2n) is 11.0. The summed E-state index contributed by atoms with van der Waals surface area (Å²) in [4.78, 5) is 1.34. The van der Waals surface area contributed by atoms with E-state index in [0.717, 1.165) is 0 Å². The maximum Gasteiger partial charge on any atom is 0.109 e. The molecule has 0 N–H and O–H groups in total. The molecule has 0 unspecified atom stereocenters. The Morgan fingerprint density at radius 3 is 1.93 bits per heavy atom. The highest BCUT2D eigenvalue weighted by atomic mass is 32.1. The topological polar surface area (TPSA) is 9.34 Å².